The molecule has 1 N–H and O–H groups in total. The van der Waals surface area contributed by atoms with Crippen molar-refractivity contribution >= 4 is 23.5 Å². The van der Waals surface area contributed by atoms with Crippen molar-refractivity contribution in [3.8, 4) is 0 Å². The molecule has 0 atom stereocenters. The van der Waals surface area contributed by atoms with Gasteiger partial charge in [0.1, 0.15) is 5.01 Å². The van der Waals surface area contributed by atoms with Gasteiger partial charge in [-0.1, -0.05) is 26.0 Å². The molecule has 0 saturated heterocycles. The van der Waals surface area contributed by atoms with Crippen molar-refractivity contribution in [2.75, 3.05) is 0 Å². The highest BCUT2D eigenvalue weighted by atomic mass is 32.1. The van der Waals surface area contributed by atoms with Crippen molar-refractivity contribution in [3.05, 3.63) is 27.7 Å². The van der Waals surface area contributed by atoms with Gasteiger partial charge in [0.15, 0.2) is 0 Å². The lowest BCUT2D eigenvalue weighted by atomic mass is 9.93. The number of fused-ring (bicyclic) bond motifs is 1. The molecule has 0 saturated carbocycles. The molecule has 0 amide bonds. The van der Waals surface area contributed by atoms with Crippen LogP contribution in [0.5, 0.6) is 0 Å². The van der Waals surface area contributed by atoms with Crippen LogP contribution in [-0.4, -0.2) is 10.1 Å². The third kappa shape index (κ3) is 1.79. The largest absolute Gasteiger partial charge is 0.389 e. The average molecular weight is 207 g/mol. The molecular weight excluding hydrogens is 194 g/mol. The van der Waals surface area contributed by atoms with E-state index in [1.807, 2.05) is 6.08 Å². The van der Waals surface area contributed by atoms with Gasteiger partial charge >= 0.3 is 0 Å². The smallest absolute Gasteiger partial charge is 0.119 e. The third-order valence-electron chi connectivity index (χ3n) is 2.20. The predicted octanol–water partition coefficient (Wildman–Crippen LogP) is 2.70. The first-order valence-electron chi connectivity index (χ1n) is 4.60. The van der Waals surface area contributed by atoms with Gasteiger partial charge in [-0.05, 0) is 12.2 Å². The molecule has 0 spiro atoms. The van der Waals surface area contributed by atoms with Gasteiger partial charge in [-0.2, -0.15) is 0 Å². The fourth-order valence-electron chi connectivity index (χ4n) is 1.34. The Morgan fingerprint density at radius 2 is 2.07 bits per heavy atom. The van der Waals surface area contributed by atoms with Crippen LogP contribution in [0.15, 0.2) is 12.2 Å². The molecule has 74 valence electrons. The number of hydrogen-bond acceptors (Lipinski definition) is 3. The molecule has 0 aliphatic heterocycles. The monoisotopic (exact) mass is 207 g/mol. The van der Waals surface area contributed by atoms with Crippen LogP contribution in [0.4, 0.5) is 0 Å². The Morgan fingerprint density at radius 1 is 1.36 bits per heavy atom. The second-order valence-electron chi connectivity index (χ2n) is 4.00. The van der Waals surface area contributed by atoms with E-state index in [-0.39, 0.29) is 12.0 Å². The molecule has 2 nitrogen and oxygen atoms in total. The summed E-state index contributed by atoms with van der Waals surface area (Å²) in [4.78, 5) is 5.46. The molecule has 1 aromatic heterocycles. The molecule has 1 heterocycles. The maximum Gasteiger partial charge on any atom is 0.119 e. The molecule has 0 radical (unpaired) electrons. The van der Waals surface area contributed by atoms with E-state index in [1.54, 1.807) is 11.3 Å². The van der Waals surface area contributed by atoms with E-state index in [0.717, 1.165) is 15.6 Å². The lowest BCUT2D eigenvalue weighted by Gasteiger charge is -2.11. The van der Waals surface area contributed by atoms with Crippen LogP contribution in [0.3, 0.4) is 0 Å². The normalized spacial score (nSPS) is 17.9. The Kier molecular flexibility index (Phi) is 2.29. The molecule has 1 aromatic rings. The second kappa shape index (κ2) is 3.33. The van der Waals surface area contributed by atoms with Crippen LogP contribution in [-0.2, 0) is 6.61 Å². The molecule has 1 aliphatic carbocycles. The van der Waals surface area contributed by atoms with Crippen molar-refractivity contribution in [1.82, 2.24) is 4.98 Å². The fourth-order valence-corrected chi connectivity index (χ4v) is 2.15. The first-order valence-corrected chi connectivity index (χ1v) is 5.41. The van der Waals surface area contributed by atoms with Gasteiger partial charge in [-0.3, -0.25) is 0 Å². The van der Waals surface area contributed by atoms with E-state index >= 15 is 0 Å². The van der Waals surface area contributed by atoms with Crippen LogP contribution in [0, 0.1) is 5.41 Å². The van der Waals surface area contributed by atoms with E-state index in [0.29, 0.717) is 0 Å². The van der Waals surface area contributed by atoms with Gasteiger partial charge in [-0.15, -0.1) is 11.3 Å². The van der Waals surface area contributed by atoms with E-state index in [1.165, 1.54) is 0 Å². The molecular formula is C11H13NOS. The molecule has 2 rings (SSSR count). The number of aliphatic hydroxyl groups is 1. The first-order chi connectivity index (χ1) is 6.61. The number of aromatic nitrogens is 1. The van der Waals surface area contributed by atoms with Crippen molar-refractivity contribution in [2.45, 2.75) is 20.5 Å². The van der Waals surface area contributed by atoms with Crippen LogP contribution in [0.25, 0.3) is 12.2 Å². The van der Waals surface area contributed by atoms with E-state index < -0.39 is 0 Å². The Hall–Kier alpha value is -0.930. The minimum Gasteiger partial charge on any atom is -0.389 e. The lowest BCUT2D eigenvalue weighted by Crippen LogP contribution is -2.00. The van der Waals surface area contributed by atoms with Gasteiger partial charge in [0.25, 0.3) is 0 Å². The van der Waals surface area contributed by atoms with E-state index in [4.69, 9.17) is 5.11 Å². The van der Waals surface area contributed by atoms with E-state index in [9.17, 15) is 0 Å². The zero-order chi connectivity index (χ0) is 10.2. The van der Waals surface area contributed by atoms with Gasteiger partial charge < -0.3 is 5.11 Å². The lowest BCUT2D eigenvalue weighted by molar-refractivity contribution is 0.281. The summed E-state index contributed by atoms with van der Waals surface area (Å²) in [5, 5.41) is 9.74. The summed E-state index contributed by atoms with van der Waals surface area (Å²) in [5.41, 5.74) is 1.07. The topological polar surface area (TPSA) is 33.1 Å². The second-order valence-corrected chi connectivity index (χ2v) is 5.12. The zero-order valence-corrected chi connectivity index (χ0v) is 9.14. The number of nitrogens with zero attached hydrogens (tertiary/aromatic N) is 1. The summed E-state index contributed by atoms with van der Waals surface area (Å²) in [6, 6.07) is 0. The van der Waals surface area contributed by atoms with Crippen molar-refractivity contribution in [3.63, 3.8) is 0 Å². The van der Waals surface area contributed by atoms with Crippen LogP contribution in [0.2, 0.25) is 0 Å². The zero-order valence-electron chi connectivity index (χ0n) is 8.32. The minimum atomic E-state index is 0.0305. The van der Waals surface area contributed by atoms with Gasteiger partial charge in [0.05, 0.1) is 17.2 Å². The third-order valence-corrected chi connectivity index (χ3v) is 3.22. The predicted molar refractivity (Wildman–Crippen MR) is 59.9 cm³/mol. The molecule has 0 fully saturated rings. The van der Waals surface area contributed by atoms with E-state index in [2.05, 4.69) is 37.1 Å². The molecule has 14 heavy (non-hydrogen) atoms. The molecule has 3 heteroatoms. The summed E-state index contributed by atoms with van der Waals surface area (Å²) < 4.78 is 0. The quantitative estimate of drug-likeness (QED) is 0.768. The molecule has 0 bridgehead atoms. The standard InChI is InChI=1S/C11H13NOS/c1-11(2)5-3-8-9(4-6-11)14-10(7-13)12-8/h3-6,13H,7H2,1-2H3. The first kappa shape index (κ1) is 9.62. The molecule has 1 aliphatic rings. The van der Waals surface area contributed by atoms with Gasteiger partial charge in [0, 0.05) is 5.41 Å². The van der Waals surface area contributed by atoms with Gasteiger partial charge in [-0.25, -0.2) is 4.98 Å². The van der Waals surface area contributed by atoms with Crippen molar-refractivity contribution in [2.24, 2.45) is 5.41 Å². The number of allylic oxidation sites excluding steroid dienone is 2. The molecule has 0 aromatic carbocycles. The van der Waals surface area contributed by atoms with Crippen molar-refractivity contribution < 1.29 is 5.11 Å². The number of aliphatic hydroxyl groups excluding tert-OH is 1. The maximum atomic E-state index is 8.96. The Morgan fingerprint density at radius 3 is 2.79 bits per heavy atom. The maximum absolute atomic E-state index is 8.96. The van der Waals surface area contributed by atoms with Gasteiger partial charge in [0.2, 0.25) is 0 Å². The Labute approximate surface area is 87.6 Å². The number of thiazole rings is 1. The summed E-state index contributed by atoms with van der Waals surface area (Å²) >= 11 is 1.55. The summed E-state index contributed by atoms with van der Waals surface area (Å²) in [7, 11) is 0. The Balaban J connectivity index is 2.44. The summed E-state index contributed by atoms with van der Waals surface area (Å²) in [6.45, 7) is 4.34. The highest BCUT2D eigenvalue weighted by Gasteiger charge is 2.15. The Bertz CT molecular complexity index is 368. The average Bonchev–Trinajstić information content (AvgIpc) is 2.49. The summed E-state index contributed by atoms with van der Waals surface area (Å²) in [5.74, 6) is 0. The SMILES string of the molecule is CC1(C)C=Cc2nc(CO)sc2C=C1. The van der Waals surface area contributed by atoms with Crippen LogP contribution >= 0.6 is 11.3 Å². The number of rotatable bonds is 1. The minimum absolute atomic E-state index is 0.0305. The summed E-state index contributed by atoms with van der Waals surface area (Å²) in [6.07, 6.45) is 8.42. The van der Waals surface area contributed by atoms with Crippen molar-refractivity contribution in [1.29, 1.82) is 0 Å². The fraction of sp³-hybridized carbons (Fsp3) is 0.364. The highest BCUT2D eigenvalue weighted by Crippen LogP contribution is 2.30. The van der Waals surface area contributed by atoms with Crippen LogP contribution < -0.4 is 0 Å². The van der Waals surface area contributed by atoms with Crippen LogP contribution in [0.1, 0.15) is 29.4 Å². The molecule has 0 unspecified atom stereocenters. The number of hydrogen-bond donors (Lipinski definition) is 1. The highest BCUT2D eigenvalue weighted by molar-refractivity contribution is 7.12.